The van der Waals surface area contributed by atoms with E-state index in [4.69, 9.17) is 14.5 Å². The molecule has 0 radical (unpaired) electrons. The topological polar surface area (TPSA) is 57.2 Å². The molecule has 1 N–H and O–H groups in total. The number of ether oxygens (including phenoxy) is 1. The molecule has 0 aromatic rings. The first-order valence-electron chi connectivity index (χ1n) is 7.97. The highest BCUT2D eigenvalue weighted by atomic mass is 17.3. The molecule has 0 aromatic heterocycles. The molecule has 0 spiro atoms. The Balaban J connectivity index is 1.94. The van der Waals surface area contributed by atoms with Crippen molar-refractivity contribution in [3.8, 4) is 0 Å². The fourth-order valence-corrected chi connectivity index (χ4v) is 3.23. The Labute approximate surface area is 121 Å². The average Bonchev–Trinajstić information content (AvgIpc) is 2.82. The van der Waals surface area contributed by atoms with Crippen LogP contribution in [0.4, 0.5) is 0 Å². The van der Waals surface area contributed by atoms with Crippen molar-refractivity contribution in [2.24, 2.45) is 5.92 Å². The van der Waals surface area contributed by atoms with Crippen molar-refractivity contribution < 1.29 is 24.7 Å². The quantitative estimate of drug-likeness (QED) is 0.346. The zero-order valence-electron chi connectivity index (χ0n) is 12.7. The number of hydrogen-bond donors (Lipinski definition) is 1. The van der Waals surface area contributed by atoms with E-state index in [0.717, 1.165) is 44.9 Å². The molecule has 0 amide bonds. The third-order valence-electron chi connectivity index (χ3n) is 4.56. The van der Waals surface area contributed by atoms with E-state index in [2.05, 4.69) is 11.8 Å². The van der Waals surface area contributed by atoms with Crippen LogP contribution >= 0.6 is 0 Å². The predicted octanol–water partition coefficient (Wildman–Crippen LogP) is 4.03. The van der Waals surface area contributed by atoms with Crippen LogP contribution in [-0.4, -0.2) is 23.4 Å². The summed E-state index contributed by atoms with van der Waals surface area (Å²) in [6, 6.07) is 0. The summed E-state index contributed by atoms with van der Waals surface area (Å²) in [5.41, 5.74) is 0. The highest BCUT2D eigenvalue weighted by Crippen LogP contribution is 2.39. The highest BCUT2D eigenvalue weighted by molar-refractivity contribution is 4.78. The van der Waals surface area contributed by atoms with Gasteiger partial charge in [-0.05, 0) is 38.5 Å². The molecule has 2 rings (SSSR count). The van der Waals surface area contributed by atoms with Crippen molar-refractivity contribution in [3.05, 3.63) is 0 Å². The molecule has 2 unspecified atom stereocenters. The van der Waals surface area contributed by atoms with E-state index in [9.17, 15) is 5.26 Å². The highest BCUT2D eigenvalue weighted by Gasteiger charge is 2.43. The third kappa shape index (κ3) is 3.92. The van der Waals surface area contributed by atoms with Gasteiger partial charge in [0.15, 0.2) is 0 Å². The molecule has 2 saturated carbocycles. The molecular weight excluding hydrogens is 260 g/mol. The number of rotatable bonds is 6. The second kappa shape index (κ2) is 7.18. The van der Waals surface area contributed by atoms with Gasteiger partial charge in [-0.15, -0.1) is 0 Å². The summed E-state index contributed by atoms with van der Waals surface area (Å²) in [4.78, 5) is 15.9. The molecule has 0 aromatic carbocycles. The summed E-state index contributed by atoms with van der Waals surface area (Å²) in [6.07, 6.45) is 8.17. The Morgan fingerprint density at radius 2 is 1.60 bits per heavy atom. The SMILES string of the molecule is CCOC1(OOC2(OO)CCCC(C)CC2)CCCC1. The van der Waals surface area contributed by atoms with Crippen LogP contribution in [0.5, 0.6) is 0 Å². The van der Waals surface area contributed by atoms with E-state index in [-0.39, 0.29) is 0 Å². The van der Waals surface area contributed by atoms with Crippen molar-refractivity contribution in [2.75, 3.05) is 6.61 Å². The molecule has 0 aliphatic heterocycles. The van der Waals surface area contributed by atoms with E-state index in [0.29, 0.717) is 25.4 Å². The predicted molar refractivity (Wildman–Crippen MR) is 73.7 cm³/mol. The monoisotopic (exact) mass is 288 g/mol. The van der Waals surface area contributed by atoms with Crippen molar-refractivity contribution in [1.29, 1.82) is 0 Å². The zero-order valence-corrected chi connectivity index (χ0v) is 12.7. The molecule has 5 nitrogen and oxygen atoms in total. The van der Waals surface area contributed by atoms with Crippen LogP contribution < -0.4 is 0 Å². The van der Waals surface area contributed by atoms with Gasteiger partial charge in [0.25, 0.3) is 0 Å². The summed E-state index contributed by atoms with van der Waals surface area (Å²) in [5, 5.41) is 9.29. The molecule has 0 bridgehead atoms. The van der Waals surface area contributed by atoms with Gasteiger partial charge in [0.2, 0.25) is 11.6 Å². The van der Waals surface area contributed by atoms with Gasteiger partial charge in [-0.3, -0.25) is 0 Å². The summed E-state index contributed by atoms with van der Waals surface area (Å²) >= 11 is 0. The fraction of sp³-hybridized carbons (Fsp3) is 1.00. The van der Waals surface area contributed by atoms with Gasteiger partial charge in [-0.2, -0.15) is 9.78 Å². The second-order valence-electron chi connectivity index (χ2n) is 6.26. The standard InChI is InChI=1S/C15H28O5/c1-3-17-14(9-4-5-10-14)19-20-15(18-16)11-6-7-13(2)8-12-15/h13,16H,3-12H2,1-2H3. The first-order valence-corrected chi connectivity index (χ1v) is 7.97. The molecule has 2 aliphatic rings. The summed E-state index contributed by atoms with van der Waals surface area (Å²) in [6.45, 7) is 4.76. The normalized spacial score (nSPS) is 34.0. The van der Waals surface area contributed by atoms with Crippen molar-refractivity contribution in [1.82, 2.24) is 0 Å². The minimum absolute atomic E-state index is 0.591. The summed E-state index contributed by atoms with van der Waals surface area (Å²) < 4.78 is 5.74. The van der Waals surface area contributed by atoms with Gasteiger partial charge in [-0.1, -0.05) is 13.3 Å². The molecule has 2 aliphatic carbocycles. The van der Waals surface area contributed by atoms with Gasteiger partial charge in [0, 0.05) is 32.3 Å². The average molecular weight is 288 g/mol. The summed E-state index contributed by atoms with van der Waals surface area (Å²) in [7, 11) is 0. The van der Waals surface area contributed by atoms with Crippen LogP contribution in [0.25, 0.3) is 0 Å². The number of hydrogen-bond acceptors (Lipinski definition) is 5. The van der Waals surface area contributed by atoms with Crippen molar-refractivity contribution in [2.45, 2.75) is 83.2 Å². The molecule has 0 heterocycles. The Morgan fingerprint density at radius 3 is 2.25 bits per heavy atom. The zero-order chi connectivity index (χ0) is 14.5. The van der Waals surface area contributed by atoms with E-state index >= 15 is 0 Å². The lowest BCUT2D eigenvalue weighted by molar-refractivity contribution is -0.546. The maximum Gasteiger partial charge on any atom is 0.233 e. The van der Waals surface area contributed by atoms with E-state index in [1.807, 2.05) is 6.92 Å². The van der Waals surface area contributed by atoms with Crippen molar-refractivity contribution in [3.63, 3.8) is 0 Å². The maximum absolute atomic E-state index is 9.29. The maximum atomic E-state index is 9.29. The molecule has 118 valence electrons. The molecule has 2 fully saturated rings. The second-order valence-corrected chi connectivity index (χ2v) is 6.26. The third-order valence-corrected chi connectivity index (χ3v) is 4.56. The van der Waals surface area contributed by atoms with Gasteiger partial charge in [0.1, 0.15) is 0 Å². The Bertz CT molecular complexity index is 290. The van der Waals surface area contributed by atoms with Crippen LogP contribution in [0.3, 0.4) is 0 Å². The van der Waals surface area contributed by atoms with Gasteiger partial charge in [0.05, 0.1) is 0 Å². The molecule has 0 saturated heterocycles. The lowest BCUT2D eigenvalue weighted by Crippen LogP contribution is -2.41. The Hall–Kier alpha value is -0.200. The minimum atomic E-state index is -1.03. The van der Waals surface area contributed by atoms with E-state index in [1.54, 1.807) is 0 Å². The first kappa shape index (κ1) is 16.2. The Kier molecular flexibility index (Phi) is 5.81. The van der Waals surface area contributed by atoms with E-state index in [1.165, 1.54) is 0 Å². The van der Waals surface area contributed by atoms with E-state index < -0.39 is 11.6 Å². The van der Waals surface area contributed by atoms with Gasteiger partial charge < -0.3 is 4.74 Å². The molecular formula is C15H28O5. The smallest absolute Gasteiger partial charge is 0.233 e. The Morgan fingerprint density at radius 1 is 0.950 bits per heavy atom. The molecule has 5 heteroatoms. The largest absolute Gasteiger partial charge is 0.348 e. The van der Waals surface area contributed by atoms with Gasteiger partial charge in [-0.25, -0.2) is 10.1 Å². The van der Waals surface area contributed by atoms with Crippen LogP contribution in [0, 0.1) is 5.92 Å². The van der Waals surface area contributed by atoms with Crippen LogP contribution in [0.2, 0.25) is 0 Å². The van der Waals surface area contributed by atoms with Gasteiger partial charge >= 0.3 is 0 Å². The van der Waals surface area contributed by atoms with Crippen LogP contribution in [-0.2, 0) is 19.4 Å². The van der Waals surface area contributed by atoms with Crippen molar-refractivity contribution >= 4 is 0 Å². The summed E-state index contributed by atoms with van der Waals surface area (Å²) in [5.74, 6) is -1.06. The molecule has 2 atom stereocenters. The fourth-order valence-electron chi connectivity index (χ4n) is 3.23. The first-order chi connectivity index (χ1) is 9.64. The lowest BCUT2D eigenvalue weighted by Gasteiger charge is -2.34. The lowest BCUT2D eigenvalue weighted by atomic mass is 10.0. The van der Waals surface area contributed by atoms with Crippen LogP contribution in [0.1, 0.15) is 71.6 Å². The van der Waals surface area contributed by atoms with Crippen LogP contribution in [0.15, 0.2) is 0 Å². The minimum Gasteiger partial charge on any atom is -0.348 e. The molecule has 20 heavy (non-hydrogen) atoms.